The first-order valence-electron chi connectivity index (χ1n) is 13.4. The van der Waals surface area contributed by atoms with Crippen LogP contribution in [0.5, 0.6) is 0 Å². The molecule has 0 spiro atoms. The number of esters is 1. The maximum Gasteiger partial charge on any atom is 0.305 e. The van der Waals surface area contributed by atoms with E-state index >= 15 is 0 Å². The van der Waals surface area contributed by atoms with E-state index in [-0.39, 0.29) is 5.97 Å². The van der Waals surface area contributed by atoms with Crippen LogP contribution in [0.4, 0.5) is 0 Å². The highest BCUT2D eigenvalue weighted by Gasteiger charge is 2.12. The zero-order valence-electron chi connectivity index (χ0n) is 20.5. The van der Waals surface area contributed by atoms with E-state index in [4.69, 9.17) is 4.74 Å². The molecule has 174 valence electrons. The van der Waals surface area contributed by atoms with Crippen molar-refractivity contribution in [2.24, 2.45) is 5.92 Å². The van der Waals surface area contributed by atoms with Crippen LogP contribution < -0.4 is 0 Å². The van der Waals surface area contributed by atoms with E-state index in [0.717, 1.165) is 6.42 Å². The smallest absolute Gasteiger partial charge is 0.305 e. The van der Waals surface area contributed by atoms with Gasteiger partial charge in [-0.2, -0.15) is 0 Å². The Morgan fingerprint density at radius 3 is 1.45 bits per heavy atom. The zero-order valence-corrected chi connectivity index (χ0v) is 20.5. The van der Waals surface area contributed by atoms with Gasteiger partial charge in [-0.25, -0.2) is 0 Å². The molecule has 0 aromatic carbocycles. The Morgan fingerprint density at radius 2 is 0.931 bits per heavy atom. The third-order valence-corrected chi connectivity index (χ3v) is 6.15. The third-order valence-electron chi connectivity index (χ3n) is 6.15. The Balaban J connectivity index is 3.71. The van der Waals surface area contributed by atoms with Crippen LogP contribution in [0.1, 0.15) is 156 Å². The van der Waals surface area contributed by atoms with Gasteiger partial charge in [0.15, 0.2) is 0 Å². The molecular weight excluding hydrogens is 356 g/mol. The fourth-order valence-electron chi connectivity index (χ4n) is 4.07. The molecule has 2 nitrogen and oxygen atoms in total. The molecule has 0 heterocycles. The number of hydrogen-bond donors (Lipinski definition) is 0. The molecule has 1 atom stereocenters. The molecule has 0 aromatic heterocycles. The molecule has 1 unspecified atom stereocenters. The van der Waals surface area contributed by atoms with Crippen molar-refractivity contribution in [3.63, 3.8) is 0 Å². The molecule has 0 saturated carbocycles. The summed E-state index contributed by atoms with van der Waals surface area (Å²) >= 11 is 0. The van der Waals surface area contributed by atoms with Crippen LogP contribution in [0.2, 0.25) is 0 Å². The summed E-state index contributed by atoms with van der Waals surface area (Å²) in [5.41, 5.74) is 0. The Hall–Kier alpha value is -0.530. The van der Waals surface area contributed by atoms with E-state index in [0.29, 0.717) is 18.9 Å². The van der Waals surface area contributed by atoms with Gasteiger partial charge in [0.1, 0.15) is 0 Å². The Bertz CT molecular complexity index is 326. The summed E-state index contributed by atoms with van der Waals surface area (Å²) in [7, 11) is 0. The molecule has 0 saturated heterocycles. The van der Waals surface area contributed by atoms with Gasteiger partial charge < -0.3 is 4.74 Å². The SMILES string of the molecule is CCCCCCCCCCCCC(=O)OCC(CCCCC)CCCCCCC. The minimum Gasteiger partial charge on any atom is -0.465 e. The third kappa shape index (κ3) is 22.0. The predicted octanol–water partition coefficient (Wildman–Crippen LogP) is 9.40. The summed E-state index contributed by atoms with van der Waals surface area (Å²) < 4.78 is 5.66. The van der Waals surface area contributed by atoms with Gasteiger partial charge in [-0.3, -0.25) is 4.79 Å². The first-order chi connectivity index (χ1) is 14.2. The van der Waals surface area contributed by atoms with Crippen molar-refractivity contribution in [3.05, 3.63) is 0 Å². The molecular formula is C27H54O2. The van der Waals surface area contributed by atoms with Gasteiger partial charge in [-0.05, 0) is 25.2 Å². The normalized spacial score (nSPS) is 12.2. The molecule has 0 fully saturated rings. The Morgan fingerprint density at radius 1 is 0.552 bits per heavy atom. The number of carbonyl (C=O) groups is 1. The first-order valence-corrected chi connectivity index (χ1v) is 13.4. The molecule has 0 N–H and O–H groups in total. The number of ether oxygens (including phenoxy) is 1. The Labute approximate surface area is 184 Å². The van der Waals surface area contributed by atoms with Crippen LogP contribution in [-0.4, -0.2) is 12.6 Å². The van der Waals surface area contributed by atoms with Crippen molar-refractivity contribution in [3.8, 4) is 0 Å². The number of rotatable bonds is 23. The van der Waals surface area contributed by atoms with E-state index in [9.17, 15) is 4.79 Å². The predicted molar refractivity (Wildman–Crippen MR) is 128 cm³/mol. The number of unbranched alkanes of at least 4 members (excludes halogenated alkanes) is 15. The highest BCUT2D eigenvalue weighted by atomic mass is 16.5. The summed E-state index contributed by atoms with van der Waals surface area (Å²) in [6.45, 7) is 7.45. The van der Waals surface area contributed by atoms with Crippen molar-refractivity contribution in [1.29, 1.82) is 0 Å². The van der Waals surface area contributed by atoms with E-state index in [1.807, 2.05) is 0 Å². The van der Waals surface area contributed by atoms with E-state index < -0.39 is 0 Å². The van der Waals surface area contributed by atoms with Gasteiger partial charge in [0.25, 0.3) is 0 Å². The molecule has 29 heavy (non-hydrogen) atoms. The van der Waals surface area contributed by atoms with Gasteiger partial charge in [0.2, 0.25) is 0 Å². The van der Waals surface area contributed by atoms with Crippen LogP contribution in [0, 0.1) is 5.92 Å². The van der Waals surface area contributed by atoms with Gasteiger partial charge in [-0.15, -0.1) is 0 Å². The second kappa shape index (κ2) is 23.7. The summed E-state index contributed by atoms with van der Waals surface area (Å²) in [5, 5.41) is 0. The largest absolute Gasteiger partial charge is 0.465 e. The maximum atomic E-state index is 12.1. The summed E-state index contributed by atoms with van der Waals surface area (Å²) in [4.78, 5) is 12.1. The lowest BCUT2D eigenvalue weighted by molar-refractivity contribution is -0.145. The quantitative estimate of drug-likeness (QED) is 0.124. The van der Waals surface area contributed by atoms with Gasteiger partial charge in [0, 0.05) is 6.42 Å². The molecule has 0 aliphatic heterocycles. The summed E-state index contributed by atoms with van der Waals surface area (Å²) in [6, 6.07) is 0. The van der Waals surface area contributed by atoms with Crippen LogP contribution in [0.15, 0.2) is 0 Å². The molecule has 0 aliphatic carbocycles. The average molecular weight is 411 g/mol. The van der Waals surface area contributed by atoms with E-state index in [1.54, 1.807) is 0 Å². The number of carbonyl (C=O) groups excluding carboxylic acids is 1. The second-order valence-corrected chi connectivity index (χ2v) is 9.18. The minimum absolute atomic E-state index is 0.0380. The lowest BCUT2D eigenvalue weighted by atomic mass is 9.95. The fraction of sp³-hybridized carbons (Fsp3) is 0.963. The number of hydrogen-bond acceptors (Lipinski definition) is 2. The van der Waals surface area contributed by atoms with Gasteiger partial charge in [0.05, 0.1) is 6.61 Å². The topological polar surface area (TPSA) is 26.3 Å². The summed E-state index contributed by atoms with van der Waals surface area (Å²) in [6.07, 6.45) is 26.7. The van der Waals surface area contributed by atoms with Crippen molar-refractivity contribution in [2.75, 3.05) is 6.61 Å². The van der Waals surface area contributed by atoms with Gasteiger partial charge >= 0.3 is 5.97 Å². The maximum absolute atomic E-state index is 12.1. The minimum atomic E-state index is 0.0380. The lowest BCUT2D eigenvalue weighted by Crippen LogP contribution is -2.14. The monoisotopic (exact) mass is 410 g/mol. The molecule has 0 amide bonds. The molecule has 0 radical (unpaired) electrons. The van der Waals surface area contributed by atoms with Crippen molar-refractivity contribution < 1.29 is 9.53 Å². The molecule has 0 bridgehead atoms. The molecule has 0 aliphatic rings. The highest BCUT2D eigenvalue weighted by Crippen LogP contribution is 2.19. The second-order valence-electron chi connectivity index (χ2n) is 9.18. The van der Waals surface area contributed by atoms with Gasteiger partial charge in [-0.1, -0.05) is 130 Å². The molecule has 0 aromatic rings. The first kappa shape index (κ1) is 28.5. The molecule has 0 rings (SSSR count). The van der Waals surface area contributed by atoms with E-state index in [2.05, 4.69) is 20.8 Å². The standard InChI is InChI=1S/C27H54O2/c1-4-7-10-12-13-14-15-16-18-21-24-27(28)29-25-26(22-19-9-6-3)23-20-17-11-8-5-2/h26H,4-25H2,1-3H3. The average Bonchev–Trinajstić information content (AvgIpc) is 2.72. The van der Waals surface area contributed by atoms with Crippen LogP contribution in [0.25, 0.3) is 0 Å². The fourth-order valence-corrected chi connectivity index (χ4v) is 4.07. The van der Waals surface area contributed by atoms with Crippen LogP contribution in [-0.2, 0) is 9.53 Å². The zero-order chi connectivity index (χ0) is 21.4. The van der Waals surface area contributed by atoms with Crippen molar-refractivity contribution in [2.45, 2.75) is 156 Å². The van der Waals surface area contributed by atoms with Crippen molar-refractivity contribution in [1.82, 2.24) is 0 Å². The Kier molecular flexibility index (Phi) is 23.3. The van der Waals surface area contributed by atoms with Crippen molar-refractivity contribution >= 4 is 5.97 Å². The lowest BCUT2D eigenvalue weighted by Gasteiger charge is -2.17. The summed E-state index contributed by atoms with van der Waals surface area (Å²) in [5.74, 6) is 0.621. The highest BCUT2D eigenvalue weighted by molar-refractivity contribution is 5.69. The van der Waals surface area contributed by atoms with Crippen LogP contribution >= 0.6 is 0 Å². The molecule has 2 heteroatoms. The van der Waals surface area contributed by atoms with E-state index in [1.165, 1.54) is 122 Å². The van der Waals surface area contributed by atoms with Crippen LogP contribution in [0.3, 0.4) is 0 Å².